The number of hydrogen-bond acceptors (Lipinski definition) is 4. The lowest BCUT2D eigenvalue weighted by Crippen LogP contribution is -2.12. The highest BCUT2D eigenvalue weighted by atomic mass is 16.5. The molecule has 0 amide bonds. The van der Waals surface area contributed by atoms with E-state index >= 15 is 0 Å². The fourth-order valence-corrected chi connectivity index (χ4v) is 3.68. The van der Waals surface area contributed by atoms with E-state index in [2.05, 4.69) is 53.4 Å². The summed E-state index contributed by atoms with van der Waals surface area (Å²) in [6, 6.07) is 22.9. The average Bonchev–Trinajstić information content (AvgIpc) is 2.77. The standard InChI is InChI=1S/C25H25NO3/c1-26(2)19-12-10-18(11-13-19)25-20-14-23(27-3)24(28-4)15-22(20)29-16-21(25)17-8-6-5-7-9-17/h5-15H,16H2,1-4H3. The molecule has 0 bridgehead atoms. The van der Waals surface area contributed by atoms with Crippen molar-refractivity contribution < 1.29 is 14.2 Å². The van der Waals surface area contributed by atoms with Crippen LogP contribution in [0.15, 0.2) is 66.7 Å². The highest BCUT2D eigenvalue weighted by Gasteiger charge is 2.25. The SMILES string of the molecule is COc1cc2c(cc1OC)C(c1ccc(N(C)C)cc1)=C(c1ccccc1)CO2. The van der Waals surface area contributed by atoms with Crippen molar-refractivity contribution in [1.29, 1.82) is 0 Å². The van der Waals surface area contributed by atoms with Gasteiger partial charge >= 0.3 is 0 Å². The van der Waals surface area contributed by atoms with Crippen LogP contribution in [0.1, 0.15) is 16.7 Å². The van der Waals surface area contributed by atoms with Crippen molar-refractivity contribution in [3.05, 3.63) is 83.4 Å². The molecule has 0 atom stereocenters. The van der Waals surface area contributed by atoms with Gasteiger partial charge in [-0.2, -0.15) is 0 Å². The molecule has 3 aromatic rings. The zero-order valence-corrected chi connectivity index (χ0v) is 17.2. The minimum atomic E-state index is 0.497. The molecule has 0 fully saturated rings. The molecule has 4 nitrogen and oxygen atoms in total. The van der Waals surface area contributed by atoms with E-state index in [-0.39, 0.29) is 0 Å². The van der Waals surface area contributed by atoms with Crippen LogP contribution in [0.3, 0.4) is 0 Å². The highest BCUT2D eigenvalue weighted by Crippen LogP contribution is 2.45. The topological polar surface area (TPSA) is 30.9 Å². The van der Waals surface area contributed by atoms with Crippen LogP contribution in [0.4, 0.5) is 5.69 Å². The number of methoxy groups -OCH3 is 2. The summed E-state index contributed by atoms with van der Waals surface area (Å²) in [5.41, 5.74) is 6.78. The molecule has 148 valence electrons. The van der Waals surface area contributed by atoms with Gasteiger partial charge < -0.3 is 19.1 Å². The Morgan fingerprint density at radius 2 is 1.45 bits per heavy atom. The smallest absolute Gasteiger partial charge is 0.164 e. The predicted molar refractivity (Wildman–Crippen MR) is 118 cm³/mol. The molecule has 0 unspecified atom stereocenters. The largest absolute Gasteiger partial charge is 0.493 e. The molecular weight excluding hydrogens is 362 g/mol. The summed E-state index contributed by atoms with van der Waals surface area (Å²) in [6.07, 6.45) is 0. The van der Waals surface area contributed by atoms with Crippen molar-refractivity contribution in [2.75, 3.05) is 39.8 Å². The van der Waals surface area contributed by atoms with Gasteiger partial charge in [-0.3, -0.25) is 0 Å². The van der Waals surface area contributed by atoms with Gasteiger partial charge in [0.1, 0.15) is 12.4 Å². The lowest BCUT2D eigenvalue weighted by molar-refractivity contribution is 0.339. The fourth-order valence-electron chi connectivity index (χ4n) is 3.68. The summed E-state index contributed by atoms with van der Waals surface area (Å²) < 4.78 is 17.2. The quantitative estimate of drug-likeness (QED) is 0.608. The molecule has 0 aliphatic carbocycles. The van der Waals surface area contributed by atoms with Crippen LogP contribution < -0.4 is 19.1 Å². The second-order valence-electron chi connectivity index (χ2n) is 7.15. The van der Waals surface area contributed by atoms with Gasteiger partial charge in [0, 0.05) is 37.0 Å². The molecule has 4 heteroatoms. The second-order valence-corrected chi connectivity index (χ2v) is 7.15. The van der Waals surface area contributed by atoms with Gasteiger partial charge in [0.15, 0.2) is 11.5 Å². The van der Waals surface area contributed by atoms with E-state index in [0.29, 0.717) is 18.1 Å². The van der Waals surface area contributed by atoms with Crippen LogP contribution in [0.5, 0.6) is 17.2 Å². The van der Waals surface area contributed by atoms with Gasteiger partial charge in [-0.05, 0) is 34.9 Å². The second kappa shape index (κ2) is 7.92. The minimum absolute atomic E-state index is 0.497. The van der Waals surface area contributed by atoms with E-state index in [1.807, 2.05) is 32.3 Å². The first-order chi connectivity index (χ1) is 14.1. The predicted octanol–water partition coefficient (Wildman–Crippen LogP) is 5.12. The molecule has 0 radical (unpaired) electrons. The van der Waals surface area contributed by atoms with Gasteiger partial charge in [-0.15, -0.1) is 0 Å². The van der Waals surface area contributed by atoms with Crippen LogP contribution >= 0.6 is 0 Å². The number of benzene rings is 3. The van der Waals surface area contributed by atoms with Crippen molar-refractivity contribution in [3.63, 3.8) is 0 Å². The van der Waals surface area contributed by atoms with Gasteiger partial charge in [0.2, 0.25) is 0 Å². The van der Waals surface area contributed by atoms with Gasteiger partial charge in [-0.25, -0.2) is 0 Å². The number of rotatable bonds is 5. The summed E-state index contributed by atoms with van der Waals surface area (Å²) in [6.45, 7) is 0.497. The minimum Gasteiger partial charge on any atom is -0.493 e. The molecule has 0 aromatic heterocycles. The number of fused-ring (bicyclic) bond motifs is 1. The zero-order valence-electron chi connectivity index (χ0n) is 17.2. The third-order valence-corrected chi connectivity index (χ3v) is 5.22. The molecule has 29 heavy (non-hydrogen) atoms. The first kappa shape index (κ1) is 18.9. The van der Waals surface area contributed by atoms with Crippen LogP contribution in [0, 0.1) is 0 Å². The van der Waals surface area contributed by atoms with Crippen LogP contribution in [-0.2, 0) is 0 Å². The molecule has 1 heterocycles. The molecule has 4 rings (SSSR count). The molecule has 0 saturated carbocycles. The number of nitrogens with zero attached hydrogens (tertiary/aromatic N) is 1. The Labute approximate surface area is 172 Å². The maximum Gasteiger partial charge on any atom is 0.164 e. The molecule has 0 saturated heterocycles. The van der Waals surface area contributed by atoms with Crippen molar-refractivity contribution >= 4 is 16.8 Å². The third kappa shape index (κ3) is 3.54. The maximum absolute atomic E-state index is 6.14. The van der Waals surface area contributed by atoms with E-state index in [1.165, 1.54) is 0 Å². The fraction of sp³-hybridized carbons (Fsp3) is 0.200. The average molecular weight is 387 g/mol. The number of hydrogen-bond donors (Lipinski definition) is 0. The van der Waals surface area contributed by atoms with Crippen LogP contribution in [-0.4, -0.2) is 34.9 Å². The summed E-state index contributed by atoms with van der Waals surface area (Å²) in [4.78, 5) is 2.10. The van der Waals surface area contributed by atoms with Crippen LogP contribution in [0.2, 0.25) is 0 Å². The third-order valence-electron chi connectivity index (χ3n) is 5.22. The molecule has 3 aromatic carbocycles. The first-order valence-corrected chi connectivity index (χ1v) is 9.58. The van der Waals surface area contributed by atoms with Crippen molar-refractivity contribution in [1.82, 2.24) is 0 Å². The maximum atomic E-state index is 6.14. The Morgan fingerprint density at radius 3 is 2.07 bits per heavy atom. The molecular formula is C25H25NO3. The van der Waals surface area contributed by atoms with E-state index in [4.69, 9.17) is 14.2 Å². The van der Waals surface area contributed by atoms with Gasteiger partial charge in [0.05, 0.1) is 14.2 Å². The van der Waals surface area contributed by atoms with E-state index in [1.54, 1.807) is 14.2 Å². The monoisotopic (exact) mass is 387 g/mol. The van der Waals surface area contributed by atoms with Crippen LogP contribution in [0.25, 0.3) is 11.1 Å². The Kier molecular flexibility index (Phi) is 5.17. The Bertz CT molecular complexity index is 1040. The molecule has 0 N–H and O–H groups in total. The Balaban J connectivity index is 1.95. The van der Waals surface area contributed by atoms with Crippen molar-refractivity contribution in [2.24, 2.45) is 0 Å². The first-order valence-electron chi connectivity index (χ1n) is 9.58. The molecule has 1 aliphatic heterocycles. The normalized spacial score (nSPS) is 12.8. The zero-order chi connectivity index (χ0) is 20.4. The Hall–Kier alpha value is -3.40. The van der Waals surface area contributed by atoms with Gasteiger partial charge in [-0.1, -0.05) is 42.5 Å². The summed E-state index contributed by atoms with van der Waals surface area (Å²) in [5, 5.41) is 0. The summed E-state index contributed by atoms with van der Waals surface area (Å²) >= 11 is 0. The van der Waals surface area contributed by atoms with Crippen molar-refractivity contribution in [3.8, 4) is 17.2 Å². The van der Waals surface area contributed by atoms with E-state index in [0.717, 1.165) is 39.3 Å². The molecule has 1 aliphatic rings. The number of ether oxygens (including phenoxy) is 3. The lowest BCUT2D eigenvalue weighted by atomic mass is 9.87. The van der Waals surface area contributed by atoms with E-state index in [9.17, 15) is 0 Å². The lowest BCUT2D eigenvalue weighted by Gasteiger charge is -2.26. The number of anilines is 1. The van der Waals surface area contributed by atoms with Gasteiger partial charge in [0.25, 0.3) is 0 Å². The summed E-state index contributed by atoms with van der Waals surface area (Å²) in [7, 11) is 7.38. The van der Waals surface area contributed by atoms with Crippen molar-refractivity contribution in [2.45, 2.75) is 0 Å². The highest BCUT2D eigenvalue weighted by molar-refractivity contribution is 6.02. The summed E-state index contributed by atoms with van der Waals surface area (Å²) in [5.74, 6) is 2.15. The Morgan fingerprint density at radius 1 is 0.793 bits per heavy atom. The molecule has 0 spiro atoms. The van der Waals surface area contributed by atoms with E-state index < -0.39 is 0 Å².